The first-order valence-corrected chi connectivity index (χ1v) is 8.85. The molecule has 2 N–H and O–H groups in total. The van der Waals surface area contributed by atoms with Crippen LogP contribution in [0.15, 0.2) is 59.1 Å². The largest absolute Gasteiger partial charge is 0.444 e. The molecule has 0 spiro atoms. The maximum atomic E-state index is 12.8. The van der Waals surface area contributed by atoms with E-state index in [4.69, 9.17) is 9.26 Å². The molecular formula is C20H18N4O6. The smallest absolute Gasteiger partial charge is 0.341 e. The molecule has 1 heterocycles. The quantitative estimate of drug-likeness (QED) is 0.343. The van der Waals surface area contributed by atoms with Gasteiger partial charge in [0.15, 0.2) is 5.82 Å². The van der Waals surface area contributed by atoms with Crippen LogP contribution in [-0.4, -0.2) is 29.0 Å². The summed E-state index contributed by atoms with van der Waals surface area (Å²) in [5, 5.41) is 20.1. The van der Waals surface area contributed by atoms with Gasteiger partial charge in [-0.15, -0.1) is 0 Å². The molecular weight excluding hydrogens is 392 g/mol. The second-order valence-corrected chi connectivity index (χ2v) is 6.25. The Morgan fingerprint density at radius 2 is 1.90 bits per heavy atom. The van der Waals surface area contributed by atoms with Gasteiger partial charge in [0.2, 0.25) is 6.10 Å². The number of carbonyl (C=O) groups excluding carboxylic acids is 2. The molecule has 1 amide bonds. The van der Waals surface area contributed by atoms with Crippen LogP contribution in [0.4, 0.5) is 17.2 Å². The van der Waals surface area contributed by atoms with Crippen LogP contribution in [-0.2, 0) is 9.53 Å². The van der Waals surface area contributed by atoms with E-state index in [0.717, 1.165) is 6.07 Å². The summed E-state index contributed by atoms with van der Waals surface area (Å²) >= 11 is 0. The van der Waals surface area contributed by atoms with E-state index < -0.39 is 22.9 Å². The molecule has 0 aliphatic heterocycles. The lowest BCUT2D eigenvalue weighted by Crippen LogP contribution is -2.26. The number of amides is 1. The summed E-state index contributed by atoms with van der Waals surface area (Å²) in [7, 11) is 1.56. The van der Waals surface area contributed by atoms with Crippen molar-refractivity contribution in [3.63, 3.8) is 0 Å². The average molecular weight is 410 g/mol. The zero-order chi connectivity index (χ0) is 21.7. The van der Waals surface area contributed by atoms with Gasteiger partial charge in [0.05, 0.1) is 10.5 Å². The van der Waals surface area contributed by atoms with Gasteiger partial charge in [0, 0.05) is 36.5 Å². The van der Waals surface area contributed by atoms with E-state index >= 15 is 0 Å². The Morgan fingerprint density at radius 3 is 2.50 bits per heavy atom. The first kappa shape index (κ1) is 20.5. The molecule has 0 fully saturated rings. The lowest BCUT2D eigenvalue weighted by Gasteiger charge is -2.18. The van der Waals surface area contributed by atoms with E-state index in [-0.39, 0.29) is 17.1 Å². The number of rotatable bonds is 7. The van der Waals surface area contributed by atoms with Crippen molar-refractivity contribution in [1.29, 1.82) is 0 Å². The number of nitrogens with zero attached hydrogens (tertiary/aromatic N) is 2. The van der Waals surface area contributed by atoms with Crippen LogP contribution >= 0.6 is 0 Å². The number of carbonyl (C=O) groups is 2. The summed E-state index contributed by atoms with van der Waals surface area (Å²) in [6, 6.07) is 13.6. The highest BCUT2D eigenvalue weighted by atomic mass is 16.6. The number of nitro benzene ring substituents is 1. The van der Waals surface area contributed by atoms with Crippen molar-refractivity contribution in [3.05, 3.63) is 81.6 Å². The number of benzene rings is 2. The summed E-state index contributed by atoms with van der Waals surface area (Å²) in [6.07, 6.45) is -1.32. The van der Waals surface area contributed by atoms with Gasteiger partial charge in [-0.1, -0.05) is 35.5 Å². The molecule has 0 bridgehead atoms. The zero-order valence-corrected chi connectivity index (χ0v) is 16.1. The molecule has 3 rings (SSSR count). The molecule has 3 aromatic rings. The molecule has 1 unspecified atom stereocenters. The van der Waals surface area contributed by atoms with Crippen molar-refractivity contribution in [2.45, 2.75) is 13.0 Å². The van der Waals surface area contributed by atoms with Crippen molar-refractivity contribution >= 4 is 29.1 Å². The van der Waals surface area contributed by atoms with Gasteiger partial charge in [0.25, 0.3) is 11.6 Å². The van der Waals surface area contributed by atoms with E-state index in [1.54, 1.807) is 44.3 Å². The van der Waals surface area contributed by atoms with Gasteiger partial charge >= 0.3 is 5.97 Å². The van der Waals surface area contributed by atoms with Crippen LogP contribution in [0, 0.1) is 17.0 Å². The van der Waals surface area contributed by atoms with Gasteiger partial charge in [0.1, 0.15) is 5.76 Å². The van der Waals surface area contributed by atoms with Gasteiger partial charge < -0.3 is 19.9 Å². The maximum absolute atomic E-state index is 12.8. The molecule has 2 aromatic carbocycles. The van der Waals surface area contributed by atoms with Crippen LogP contribution in [0.5, 0.6) is 0 Å². The monoisotopic (exact) mass is 410 g/mol. The first-order chi connectivity index (χ1) is 14.4. The highest BCUT2D eigenvalue weighted by molar-refractivity contribution is 6.00. The van der Waals surface area contributed by atoms with Crippen LogP contribution in [0.25, 0.3) is 0 Å². The molecule has 0 saturated heterocycles. The molecule has 154 valence electrons. The molecule has 0 radical (unpaired) electrons. The van der Waals surface area contributed by atoms with E-state index in [1.807, 2.05) is 0 Å². The van der Waals surface area contributed by atoms with Crippen LogP contribution in [0.1, 0.15) is 27.8 Å². The lowest BCUT2D eigenvalue weighted by atomic mass is 10.1. The number of non-ortho nitro benzene ring substituents is 1. The number of anilines is 2. The molecule has 0 aliphatic carbocycles. The molecule has 30 heavy (non-hydrogen) atoms. The molecule has 0 saturated carbocycles. The highest BCUT2D eigenvalue weighted by Crippen LogP contribution is 2.26. The van der Waals surface area contributed by atoms with Crippen molar-refractivity contribution in [3.8, 4) is 0 Å². The van der Waals surface area contributed by atoms with Crippen molar-refractivity contribution < 1.29 is 23.8 Å². The van der Waals surface area contributed by atoms with Gasteiger partial charge in [-0.2, -0.15) is 0 Å². The predicted octanol–water partition coefficient (Wildman–Crippen LogP) is 3.47. The summed E-state index contributed by atoms with van der Waals surface area (Å²) in [6.45, 7) is 1.67. The Labute approximate surface area is 171 Å². The number of hydrogen-bond acceptors (Lipinski definition) is 8. The molecule has 10 heteroatoms. The van der Waals surface area contributed by atoms with E-state index in [1.165, 1.54) is 18.2 Å². The minimum atomic E-state index is -1.32. The number of ether oxygens (including phenoxy) is 1. The van der Waals surface area contributed by atoms with Crippen molar-refractivity contribution in [1.82, 2.24) is 5.16 Å². The average Bonchev–Trinajstić information content (AvgIpc) is 3.16. The van der Waals surface area contributed by atoms with Gasteiger partial charge in [-0.3, -0.25) is 14.9 Å². The Balaban J connectivity index is 1.91. The maximum Gasteiger partial charge on any atom is 0.341 e. The lowest BCUT2D eigenvalue weighted by molar-refractivity contribution is -0.384. The third-order valence-electron chi connectivity index (χ3n) is 4.15. The van der Waals surface area contributed by atoms with Crippen molar-refractivity contribution in [2.24, 2.45) is 0 Å². The second kappa shape index (κ2) is 8.86. The van der Waals surface area contributed by atoms with E-state index in [0.29, 0.717) is 17.0 Å². The van der Waals surface area contributed by atoms with Crippen LogP contribution in [0.3, 0.4) is 0 Å². The fourth-order valence-electron chi connectivity index (χ4n) is 2.72. The highest BCUT2D eigenvalue weighted by Gasteiger charge is 2.28. The summed E-state index contributed by atoms with van der Waals surface area (Å²) < 4.78 is 10.4. The van der Waals surface area contributed by atoms with Crippen LogP contribution < -0.4 is 10.6 Å². The minimum Gasteiger partial charge on any atom is -0.444 e. The number of aromatic nitrogens is 1. The molecule has 10 nitrogen and oxygen atoms in total. The third-order valence-corrected chi connectivity index (χ3v) is 4.15. The Morgan fingerprint density at radius 1 is 1.17 bits per heavy atom. The zero-order valence-electron chi connectivity index (χ0n) is 16.1. The molecule has 0 aliphatic rings. The Kier molecular flexibility index (Phi) is 6.06. The van der Waals surface area contributed by atoms with E-state index in [2.05, 4.69) is 15.8 Å². The fourth-order valence-corrected chi connectivity index (χ4v) is 2.72. The minimum absolute atomic E-state index is 0.0716. The predicted molar refractivity (Wildman–Crippen MR) is 107 cm³/mol. The van der Waals surface area contributed by atoms with E-state index in [9.17, 15) is 19.7 Å². The summed E-state index contributed by atoms with van der Waals surface area (Å²) in [4.78, 5) is 36.1. The molecule has 1 aromatic heterocycles. The Hall–Kier alpha value is -4.21. The molecule has 1 atom stereocenters. The third kappa shape index (κ3) is 4.61. The SMILES string of the molecule is CNc1ccc([N+](=O)[O-])cc1C(=O)OC(C(=O)Nc1cc(C)on1)c1ccccc1. The standard InChI is InChI=1S/C20H18N4O6/c1-12-10-17(23-30-12)22-19(25)18(13-6-4-3-5-7-13)29-20(26)15-11-14(24(27)28)8-9-16(15)21-2/h3-11,18,21H,1-2H3,(H,22,23,25). The van der Waals surface area contributed by atoms with Crippen molar-refractivity contribution in [2.75, 3.05) is 17.7 Å². The number of nitro groups is 1. The number of hydrogen-bond donors (Lipinski definition) is 2. The van der Waals surface area contributed by atoms with Crippen LogP contribution in [0.2, 0.25) is 0 Å². The van der Waals surface area contributed by atoms with Gasteiger partial charge in [-0.25, -0.2) is 4.79 Å². The fraction of sp³-hybridized carbons (Fsp3) is 0.150. The van der Waals surface area contributed by atoms with Gasteiger partial charge in [-0.05, 0) is 13.0 Å². The number of nitrogens with one attached hydrogen (secondary N) is 2. The first-order valence-electron chi connectivity index (χ1n) is 8.85. The second-order valence-electron chi connectivity index (χ2n) is 6.25. The summed E-state index contributed by atoms with van der Waals surface area (Å²) in [5.74, 6) is -0.891. The normalized spacial score (nSPS) is 11.4. The number of aryl methyl sites for hydroxylation is 1. The number of esters is 1. The topological polar surface area (TPSA) is 137 Å². The Bertz CT molecular complexity index is 1080. The summed E-state index contributed by atoms with van der Waals surface area (Å²) in [5.41, 5.74) is 0.391.